The number of nitrogens with one attached hydrogen (secondary N) is 4. The summed E-state index contributed by atoms with van der Waals surface area (Å²) in [6.07, 6.45) is 7.90. The first kappa shape index (κ1) is 47.2. The number of nitrogens with two attached hydrogens (primary N) is 1. The van der Waals surface area contributed by atoms with E-state index in [0.29, 0.717) is 66.0 Å². The Morgan fingerprint density at radius 2 is 1.83 bits per heavy atom. The quantitative estimate of drug-likeness (QED) is 0.0178. The number of amides is 1. The van der Waals surface area contributed by atoms with Crippen molar-refractivity contribution in [3.05, 3.63) is 93.6 Å². The molecule has 1 saturated heterocycles. The molecule has 14 nitrogen and oxygen atoms in total. The molecule has 3 aromatic rings. The molecule has 1 aliphatic rings. The zero-order valence-electron chi connectivity index (χ0n) is 35.5. The minimum atomic E-state index is -0.884. The molecule has 2 aromatic carbocycles. The Bertz CT molecular complexity index is 1930. The summed E-state index contributed by atoms with van der Waals surface area (Å²) in [5, 5.41) is 14.5. The number of ether oxygens (including phenoxy) is 1. The summed E-state index contributed by atoms with van der Waals surface area (Å²) in [4.78, 5) is 57.7. The van der Waals surface area contributed by atoms with Gasteiger partial charge >= 0.3 is 0 Å². The Labute approximate surface area is 353 Å². The van der Waals surface area contributed by atoms with Crippen molar-refractivity contribution in [3.8, 4) is 0 Å². The average Bonchev–Trinajstić information content (AvgIpc) is 3.25. The molecule has 2 atom stereocenters. The summed E-state index contributed by atoms with van der Waals surface area (Å²) in [6, 6.07) is 14.5. The Morgan fingerprint density at radius 1 is 1.07 bits per heavy atom. The van der Waals surface area contributed by atoms with Gasteiger partial charge in [-0.2, -0.15) is 5.54 Å². The van der Waals surface area contributed by atoms with Crippen molar-refractivity contribution in [1.29, 1.82) is 5.41 Å². The van der Waals surface area contributed by atoms with E-state index in [0.717, 1.165) is 119 Å². The first-order valence-corrected chi connectivity index (χ1v) is 20.7. The van der Waals surface area contributed by atoms with Crippen LogP contribution in [0.5, 0.6) is 0 Å². The van der Waals surface area contributed by atoms with Crippen molar-refractivity contribution in [2.75, 3.05) is 71.0 Å². The molecule has 1 aliphatic heterocycles. The second-order valence-electron chi connectivity index (χ2n) is 15.5. The summed E-state index contributed by atoms with van der Waals surface area (Å²) < 4.78 is 18.8. The molecule has 324 valence electrons. The van der Waals surface area contributed by atoms with E-state index in [9.17, 15) is 23.7 Å². The van der Waals surface area contributed by atoms with Gasteiger partial charge in [0.05, 0.1) is 35.3 Å². The van der Waals surface area contributed by atoms with Gasteiger partial charge in [0.1, 0.15) is 18.9 Å². The standard InChI is InChI=1S/C45H62FN9O5/c1-32(9-8-22-60-45(49-3)39(26-47)42-25-37(44(59)52-46)23-33(2)51-42)27-50-43-24-34(14-15-41(43)48)28-55-19-17-54(18-20-55)16-6-12-35-10-5-11-36(30-57)40(35)29-53(4)38(31-58)13-7-21-56/h5,10-11,14-15,21,23-26,30-32,38,47,49-50H,6-9,12-13,16-20,22,27-29,48H2,1-4H3,(H,52,59)/b45-39-,47-26?/t32-,38?/m1/s1. The van der Waals surface area contributed by atoms with Crippen molar-refractivity contribution >= 4 is 47.9 Å². The van der Waals surface area contributed by atoms with Gasteiger partial charge in [0.25, 0.3) is 5.91 Å². The molecule has 0 saturated carbocycles. The smallest absolute Gasteiger partial charge is 0.279 e. The van der Waals surface area contributed by atoms with Crippen molar-refractivity contribution in [3.63, 3.8) is 0 Å². The Morgan fingerprint density at radius 3 is 2.52 bits per heavy atom. The van der Waals surface area contributed by atoms with E-state index in [1.165, 1.54) is 17.7 Å². The number of benzene rings is 2. The van der Waals surface area contributed by atoms with Crippen LogP contribution in [0, 0.1) is 18.3 Å². The van der Waals surface area contributed by atoms with E-state index in [2.05, 4.69) is 50.5 Å². The first-order chi connectivity index (χ1) is 29.0. The highest BCUT2D eigenvalue weighted by atomic mass is 19.2. The van der Waals surface area contributed by atoms with E-state index >= 15 is 0 Å². The highest BCUT2D eigenvalue weighted by Gasteiger charge is 2.20. The lowest BCUT2D eigenvalue weighted by atomic mass is 9.97. The molecule has 60 heavy (non-hydrogen) atoms. The second-order valence-corrected chi connectivity index (χ2v) is 15.5. The maximum atomic E-state index is 12.8. The third kappa shape index (κ3) is 14.1. The van der Waals surface area contributed by atoms with Crippen LogP contribution in [-0.4, -0.2) is 117 Å². The van der Waals surface area contributed by atoms with Crippen molar-refractivity contribution < 1.29 is 28.4 Å². The van der Waals surface area contributed by atoms with Gasteiger partial charge in [0, 0.05) is 82.3 Å². The zero-order chi connectivity index (χ0) is 43.4. The Kier molecular flexibility index (Phi) is 19.3. The molecule has 2 heterocycles. The van der Waals surface area contributed by atoms with Gasteiger partial charge in [-0.15, -0.1) is 0 Å². The van der Waals surface area contributed by atoms with Gasteiger partial charge in [-0.05, 0) is 99.5 Å². The number of carbonyl (C=O) groups excluding carboxylic acids is 4. The summed E-state index contributed by atoms with van der Waals surface area (Å²) in [5.74, 6) is -0.214. The molecule has 1 amide bonds. The van der Waals surface area contributed by atoms with Crippen LogP contribution in [0.15, 0.2) is 54.4 Å². The first-order valence-electron chi connectivity index (χ1n) is 20.7. The molecule has 15 heteroatoms. The minimum absolute atomic E-state index is 0.0986. The van der Waals surface area contributed by atoms with E-state index in [4.69, 9.17) is 15.9 Å². The van der Waals surface area contributed by atoms with Crippen molar-refractivity contribution in [2.24, 2.45) is 5.92 Å². The van der Waals surface area contributed by atoms with Crippen LogP contribution in [0.2, 0.25) is 0 Å². The Hall–Kier alpha value is -5.51. The number of nitrogens with zero attached hydrogens (tertiary/aromatic N) is 4. The third-order valence-electron chi connectivity index (χ3n) is 11.0. The van der Waals surface area contributed by atoms with Gasteiger partial charge in [-0.25, -0.2) is 0 Å². The number of carbonyl (C=O) groups is 4. The maximum Gasteiger partial charge on any atom is 0.279 e. The lowest BCUT2D eigenvalue weighted by Gasteiger charge is -2.35. The lowest BCUT2D eigenvalue weighted by molar-refractivity contribution is -0.113. The van der Waals surface area contributed by atoms with E-state index in [1.807, 2.05) is 30.1 Å². The number of hydrogen-bond acceptors (Lipinski definition) is 13. The van der Waals surface area contributed by atoms with Crippen molar-refractivity contribution in [1.82, 2.24) is 30.5 Å². The fourth-order valence-electron chi connectivity index (χ4n) is 7.49. The SMILES string of the molecule is CN/C(OCCC[C@@H](C)CNc1cc(CN2CCN(CCCc3cccc(C=O)c3CN(C)C(C=O)CCC=O)CC2)ccc1N)=C(\C=N)c1cc(C(=O)NF)cc(C)n1. The molecule has 1 aromatic heterocycles. The number of halogens is 1. The molecule has 0 radical (unpaired) electrons. The number of pyridine rings is 1. The molecular formula is C45H62FN9O5. The van der Waals surface area contributed by atoms with Crippen LogP contribution in [-0.2, 0) is 33.8 Å². The number of piperazine rings is 1. The molecule has 1 fully saturated rings. The van der Waals surface area contributed by atoms with Gasteiger partial charge in [0.2, 0.25) is 0 Å². The van der Waals surface area contributed by atoms with Crippen LogP contribution < -0.4 is 21.9 Å². The maximum absolute atomic E-state index is 12.8. The van der Waals surface area contributed by atoms with Crippen LogP contribution in [0.4, 0.5) is 15.9 Å². The molecule has 0 aliphatic carbocycles. The molecule has 0 spiro atoms. The molecule has 6 N–H and O–H groups in total. The number of hydrogen-bond donors (Lipinski definition) is 5. The Balaban J connectivity index is 1.21. The highest BCUT2D eigenvalue weighted by molar-refractivity contribution is 6.09. The van der Waals surface area contributed by atoms with Crippen LogP contribution in [0.1, 0.15) is 87.8 Å². The molecule has 4 rings (SSSR count). The summed E-state index contributed by atoms with van der Waals surface area (Å²) >= 11 is 0. The average molecular weight is 828 g/mol. The largest absolute Gasteiger partial charge is 0.479 e. The highest BCUT2D eigenvalue weighted by Crippen LogP contribution is 2.24. The third-order valence-corrected chi connectivity index (χ3v) is 11.0. The number of anilines is 2. The van der Waals surface area contributed by atoms with Crippen LogP contribution in [0.3, 0.4) is 0 Å². The fraction of sp³-hybridized carbons (Fsp3) is 0.467. The molecule has 1 unspecified atom stereocenters. The van der Waals surface area contributed by atoms with E-state index in [1.54, 1.807) is 14.0 Å². The van der Waals surface area contributed by atoms with Crippen LogP contribution in [0.25, 0.3) is 5.57 Å². The predicted octanol–water partition coefficient (Wildman–Crippen LogP) is 5.21. The molecule has 0 bridgehead atoms. The number of aldehydes is 3. The lowest BCUT2D eigenvalue weighted by Crippen LogP contribution is -2.46. The number of rotatable bonds is 26. The van der Waals surface area contributed by atoms with Gasteiger partial charge in [-0.1, -0.05) is 35.7 Å². The number of allylic oxidation sites excluding steroid dienone is 1. The number of aromatic nitrogens is 1. The van der Waals surface area contributed by atoms with E-state index < -0.39 is 5.91 Å². The van der Waals surface area contributed by atoms with Crippen LogP contribution >= 0.6 is 0 Å². The predicted molar refractivity (Wildman–Crippen MR) is 234 cm³/mol. The summed E-state index contributed by atoms with van der Waals surface area (Å²) in [6.45, 7) is 11.1. The summed E-state index contributed by atoms with van der Waals surface area (Å²) in [7, 11) is 3.54. The number of nitrogen functional groups attached to an aromatic ring is 1. The van der Waals surface area contributed by atoms with Gasteiger partial charge < -0.3 is 41.0 Å². The minimum Gasteiger partial charge on any atom is -0.479 e. The number of likely N-dealkylation sites (N-methyl/N-ethyl adjacent to an activating group) is 1. The van der Waals surface area contributed by atoms with E-state index in [-0.39, 0.29) is 11.6 Å². The fourth-order valence-corrected chi connectivity index (χ4v) is 7.49. The van der Waals surface area contributed by atoms with Gasteiger partial charge in [-0.3, -0.25) is 24.4 Å². The van der Waals surface area contributed by atoms with Crippen molar-refractivity contribution in [2.45, 2.75) is 71.5 Å². The number of aryl methyl sites for hydroxylation is 2. The zero-order valence-corrected chi connectivity index (χ0v) is 35.5. The molecular weight excluding hydrogens is 766 g/mol. The monoisotopic (exact) mass is 827 g/mol. The second kappa shape index (κ2) is 24.5. The topological polar surface area (TPSA) is 186 Å². The van der Waals surface area contributed by atoms with Gasteiger partial charge in [0.15, 0.2) is 5.88 Å². The normalized spacial score (nSPS) is 14.8. The summed E-state index contributed by atoms with van der Waals surface area (Å²) in [5.41, 5.74) is 14.3.